The lowest BCUT2D eigenvalue weighted by Gasteiger charge is -2.33. The molecule has 0 saturated carbocycles. The van der Waals surface area contributed by atoms with Gasteiger partial charge in [-0.25, -0.2) is 0 Å². The molecule has 0 aliphatic carbocycles. The van der Waals surface area contributed by atoms with Crippen LogP contribution in [0.1, 0.15) is 38.0 Å². The summed E-state index contributed by atoms with van der Waals surface area (Å²) in [6.45, 7) is 7.65. The molecule has 2 N–H and O–H groups in total. The second-order valence-corrected chi connectivity index (χ2v) is 6.74. The van der Waals surface area contributed by atoms with Crippen molar-refractivity contribution < 1.29 is 4.52 Å². The van der Waals surface area contributed by atoms with Gasteiger partial charge in [-0.3, -0.25) is 0 Å². The molecule has 5 heteroatoms. The fraction of sp³-hybridized carbons (Fsp3) is 0.500. The molecule has 0 saturated heterocycles. The van der Waals surface area contributed by atoms with Crippen molar-refractivity contribution in [2.75, 3.05) is 11.4 Å². The first kappa shape index (κ1) is 14.1. The minimum atomic E-state index is -0.0992. The van der Waals surface area contributed by atoms with Gasteiger partial charge in [0.15, 0.2) is 5.82 Å². The number of hydrogen-bond acceptors (Lipinski definition) is 5. The van der Waals surface area contributed by atoms with E-state index in [9.17, 15) is 0 Å². The molecule has 2 heterocycles. The monoisotopic (exact) mass is 286 g/mol. The molecule has 1 aromatic heterocycles. The number of nitrogens with two attached hydrogens (primary N) is 1. The maximum atomic E-state index is 6.16. The fourth-order valence-corrected chi connectivity index (χ4v) is 2.66. The molecule has 1 aliphatic heterocycles. The van der Waals surface area contributed by atoms with Crippen molar-refractivity contribution >= 4 is 5.69 Å². The first-order chi connectivity index (χ1) is 9.93. The van der Waals surface area contributed by atoms with Crippen LogP contribution >= 0.6 is 0 Å². The van der Waals surface area contributed by atoms with Gasteiger partial charge in [0.1, 0.15) is 0 Å². The van der Waals surface area contributed by atoms with E-state index in [1.807, 2.05) is 0 Å². The molecule has 0 spiro atoms. The Morgan fingerprint density at radius 1 is 1.33 bits per heavy atom. The summed E-state index contributed by atoms with van der Waals surface area (Å²) in [6.07, 6.45) is 0.920. The van der Waals surface area contributed by atoms with Crippen LogP contribution in [0.4, 0.5) is 5.69 Å². The molecule has 0 radical (unpaired) electrons. The van der Waals surface area contributed by atoms with Gasteiger partial charge in [-0.2, -0.15) is 4.98 Å². The van der Waals surface area contributed by atoms with E-state index in [4.69, 9.17) is 10.3 Å². The second-order valence-electron chi connectivity index (χ2n) is 6.74. The van der Waals surface area contributed by atoms with E-state index in [0.29, 0.717) is 12.4 Å². The van der Waals surface area contributed by atoms with E-state index in [0.717, 1.165) is 18.8 Å². The van der Waals surface area contributed by atoms with E-state index in [-0.39, 0.29) is 11.5 Å². The van der Waals surface area contributed by atoms with Gasteiger partial charge in [0.05, 0.1) is 6.54 Å². The van der Waals surface area contributed by atoms with Crippen molar-refractivity contribution in [3.8, 4) is 0 Å². The number of fused-ring (bicyclic) bond motifs is 1. The molecule has 1 aliphatic rings. The Hall–Kier alpha value is -1.88. The lowest BCUT2D eigenvalue weighted by molar-refractivity contribution is 0.359. The summed E-state index contributed by atoms with van der Waals surface area (Å²) in [5.41, 5.74) is 8.56. The third kappa shape index (κ3) is 2.93. The minimum absolute atomic E-state index is 0.0992. The third-order valence-corrected chi connectivity index (χ3v) is 3.73. The van der Waals surface area contributed by atoms with Crippen LogP contribution < -0.4 is 10.6 Å². The van der Waals surface area contributed by atoms with Crippen molar-refractivity contribution in [1.29, 1.82) is 0 Å². The number of rotatable bonds is 2. The molecule has 2 aromatic rings. The normalized spacial score (nSPS) is 18.7. The molecule has 0 fully saturated rings. The van der Waals surface area contributed by atoms with Crippen LogP contribution in [0.25, 0.3) is 0 Å². The Morgan fingerprint density at radius 2 is 2.10 bits per heavy atom. The van der Waals surface area contributed by atoms with Crippen molar-refractivity contribution in [2.45, 2.75) is 45.2 Å². The van der Waals surface area contributed by atoms with Crippen LogP contribution in [0.2, 0.25) is 0 Å². The smallest absolute Gasteiger partial charge is 0.246 e. The average molecular weight is 286 g/mol. The van der Waals surface area contributed by atoms with Gasteiger partial charge >= 0.3 is 0 Å². The predicted molar refractivity (Wildman–Crippen MR) is 82.2 cm³/mol. The number of nitrogens with zero attached hydrogens (tertiary/aromatic N) is 3. The van der Waals surface area contributed by atoms with Gasteiger partial charge in [-0.05, 0) is 18.1 Å². The topological polar surface area (TPSA) is 68.2 Å². The van der Waals surface area contributed by atoms with Crippen LogP contribution in [0, 0.1) is 0 Å². The van der Waals surface area contributed by atoms with Gasteiger partial charge in [0.25, 0.3) is 0 Å². The average Bonchev–Trinajstić information content (AvgIpc) is 2.87. The van der Waals surface area contributed by atoms with Crippen molar-refractivity contribution in [3.63, 3.8) is 0 Å². The lowest BCUT2D eigenvalue weighted by Crippen LogP contribution is -2.42. The Balaban J connectivity index is 1.83. The Labute approximate surface area is 125 Å². The number of hydrogen-bond donors (Lipinski definition) is 1. The lowest BCUT2D eigenvalue weighted by atomic mass is 9.96. The number of anilines is 1. The van der Waals surface area contributed by atoms with Crippen LogP contribution in [0.5, 0.6) is 0 Å². The van der Waals surface area contributed by atoms with Gasteiger partial charge in [0.2, 0.25) is 5.89 Å². The van der Waals surface area contributed by atoms with Gasteiger partial charge in [-0.15, -0.1) is 0 Å². The van der Waals surface area contributed by atoms with Crippen molar-refractivity contribution in [3.05, 3.63) is 41.5 Å². The van der Waals surface area contributed by atoms with Crippen molar-refractivity contribution in [1.82, 2.24) is 10.1 Å². The zero-order valence-electron chi connectivity index (χ0n) is 12.8. The molecule has 1 atom stereocenters. The molecule has 0 bridgehead atoms. The summed E-state index contributed by atoms with van der Waals surface area (Å²) < 4.78 is 5.40. The summed E-state index contributed by atoms with van der Waals surface area (Å²) in [5.74, 6) is 1.39. The summed E-state index contributed by atoms with van der Waals surface area (Å²) in [5, 5.41) is 4.08. The molecule has 3 rings (SSSR count). The molecular formula is C16H22N4O. The Kier molecular flexibility index (Phi) is 3.45. The van der Waals surface area contributed by atoms with E-state index >= 15 is 0 Å². The highest BCUT2D eigenvalue weighted by molar-refractivity contribution is 5.56. The molecule has 0 amide bonds. The SMILES string of the molecule is CC(C)(C)c1noc(CN2CC(N)Cc3ccccc32)n1. The highest BCUT2D eigenvalue weighted by Crippen LogP contribution is 2.28. The second kappa shape index (κ2) is 5.15. The summed E-state index contributed by atoms with van der Waals surface area (Å²) >= 11 is 0. The van der Waals surface area contributed by atoms with Gasteiger partial charge in [-0.1, -0.05) is 44.1 Å². The summed E-state index contributed by atoms with van der Waals surface area (Å²) in [4.78, 5) is 6.74. The molecule has 5 nitrogen and oxygen atoms in total. The number of aromatic nitrogens is 2. The zero-order valence-corrected chi connectivity index (χ0v) is 12.8. The maximum Gasteiger partial charge on any atom is 0.246 e. The van der Waals surface area contributed by atoms with Crippen LogP contribution in [-0.4, -0.2) is 22.7 Å². The zero-order chi connectivity index (χ0) is 15.0. The minimum Gasteiger partial charge on any atom is -0.360 e. The Bertz CT molecular complexity index is 629. The van der Waals surface area contributed by atoms with Gasteiger partial charge in [0, 0.05) is 23.7 Å². The third-order valence-electron chi connectivity index (χ3n) is 3.73. The van der Waals surface area contributed by atoms with E-state index in [2.05, 4.69) is 60.1 Å². The summed E-state index contributed by atoms with van der Waals surface area (Å²) in [7, 11) is 0. The molecule has 1 aromatic carbocycles. The largest absolute Gasteiger partial charge is 0.360 e. The predicted octanol–water partition coefficient (Wildman–Crippen LogP) is 2.26. The molecular weight excluding hydrogens is 264 g/mol. The van der Waals surface area contributed by atoms with Crippen LogP contribution in [0.15, 0.2) is 28.8 Å². The van der Waals surface area contributed by atoms with Crippen LogP contribution in [0.3, 0.4) is 0 Å². The van der Waals surface area contributed by atoms with Crippen molar-refractivity contribution in [2.24, 2.45) is 5.73 Å². The first-order valence-corrected chi connectivity index (χ1v) is 7.35. The van der Waals surface area contributed by atoms with E-state index in [1.165, 1.54) is 11.3 Å². The quantitative estimate of drug-likeness (QED) is 0.917. The standard InChI is InChI=1S/C16H22N4O/c1-16(2,3)15-18-14(21-19-15)10-20-9-12(17)8-11-6-4-5-7-13(11)20/h4-7,12H,8-10,17H2,1-3H3. The summed E-state index contributed by atoms with van der Waals surface area (Å²) in [6, 6.07) is 8.51. The highest BCUT2D eigenvalue weighted by Gasteiger charge is 2.25. The molecule has 1 unspecified atom stereocenters. The maximum absolute atomic E-state index is 6.16. The first-order valence-electron chi connectivity index (χ1n) is 7.35. The van der Waals surface area contributed by atoms with E-state index in [1.54, 1.807) is 0 Å². The molecule has 112 valence electrons. The highest BCUT2D eigenvalue weighted by atomic mass is 16.5. The fourth-order valence-electron chi connectivity index (χ4n) is 2.66. The number of para-hydroxylation sites is 1. The number of benzene rings is 1. The van der Waals surface area contributed by atoms with E-state index < -0.39 is 0 Å². The van der Waals surface area contributed by atoms with Gasteiger partial charge < -0.3 is 15.2 Å². The van der Waals surface area contributed by atoms with Crippen LogP contribution in [-0.2, 0) is 18.4 Å². The Morgan fingerprint density at radius 3 is 2.81 bits per heavy atom. The molecule has 21 heavy (non-hydrogen) atoms.